The van der Waals surface area contributed by atoms with Gasteiger partial charge in [0.1, 0.15) is 0 Å². The van der Waals surface area contributed by atoms with Crippen LogP contribution in [0.15, 0.2) is 0 Å². The van der Waals surface area contributed by atoms with Crippen molar-refractivity contribution in [1.29, 1.82) is 5.26 Å². The summed E-state index contributed by atoms with van der Waals surface area (Å²) in [5.74, 6) is 0. The molecule has 1 radical (unpaired) electrons. The number of nitriles is 1. The van der Waals surface area contributed by atoms with E-state index in [-0.39, 0.29) is 54.5 Å². The van der Waals surface area contributed by atoms with Crippen LogP contribution in [0.5, 0.6) is 0 Å². The van der Waals surface area contributed by atoms with Crippen LogP contribution in [0.1, 0.15) is 0 Å². The summed E-state index contributed by atoms with van der Waals surface area (Å²) in [6.07, 6.45) is 0. The Hall–Kier alpha value is 1.26. The summed E-state index contributed by atoms with van der Waals surface area (Å²) >= 11 is 0. The predicted octanol–water partition coefficient (Wildman–Crippen LogP) is -0.779. The first-order valence-electron chi connectivity index (χ1n) is 0.258. The molecule has 4 heavy (non-hydrogen) atoms. The third-order valence-electron chi connectivity index (χ3n) is 0. The summed E-state index contributed by atoms with van der Waals surface area (Å²) in [5, 5.41) is 6.50. The van der Waals surface area contributed by atoms with Crippen LogP contribution < -0.4 is 0 Å². The number of nitrogens with zero attached hydrogens (tertiary/aromatic N) is 1. The monoisotopic (exact) mass is 128 g/mol. The maximum atomic E-state index is 6.50. The van der Waals surface area contributed by atoms with Crippen LogP contribution >= 0.6 is 0 Å². The Labute approximate surface area is 65.6 Å². The van der Waals surface area contributed by atoms with E-state index in [0.29, 0.717) is 0 Å². The Morgan fingerprint density at radius 3 is 1.25 bits per heavy atom. The first-order valence-corrected chi connectivity index (χ1v) is 0.258. The molecule has 1 nitrogen and oxygen atoms in total. The van der Waals surface area contributed by atoms with Gasteiger partial charge in [0.05, 0.1) is 0 Å². The topological polar surface area (TPSA) is 23.8 Å². The Morgan fingerprint density at radius 1 is 1.25 bits per heavy atom. The molecule has 0 bridgehead atoms. The van der Waals surface area contributed by atoms with Gasteiger partial charge in [-0.2, -0.15) is 0 Å². The van der Waals surface area contributed by atoms with Crippen molar-refractivity contribution in [2.45, 2.75) is 0 Å². The minimum atomic E-state index is 0. The van der Waals surface area contributed by atoms with Gasteiger partial charge in [-0.1, -0.05) is 0 Å². The summed E-state index contributed by atoms with van der Waals surface area (Å²) in [6.45, 7) is 3.50. The van der Waals surface area contributed by atoms with E-state index in [1.54, 1.807) is 0 Å². The zero-order chi connectivity index (χ0) is 2.00. The molecular weight excluding hydrogens is 125 g/mol. The van der Waals surface area contributed by atoms with Gasteiger partial charge in [0.2, 0.25) is 0 Å². The minimum absolute atomic E-state index is 0. The minimum Gasteiger partial charge on any atom is 0 e. The Morgan fingerprint density at radius 2 is 1.25 bits per heavy atom. The van der Waals surface area contributed by atoms with E-state index in [0.717, 1.165) is 0 Å². The maximum absolute atomic E-state index is 6.50. The van der Waals surface area contributed by atoms with E-state index in [9.17, 15) is 0 Å². The second-order valence-corrected chi connectivity index (χ2v) is 0. The van der Waals surface area contributed by atoms with Gasteiger partial charge in [0.15, 0.2) is 0 Å². The van der Waals surface area contributed by atoms with Crippen molar-refractivity contribution >= 4 is 37.7 Å². The van der Waals surface area contributed by atoms with Crippen LogP contribution in [-0.4, -0.2) is 37.7 Å². The van der Waals surface area contributed by atoms with Crippen molar-refractivity contribution in [1.82, 2.24) is 0 Å². The van der Waals surface area contributed by atoms with Crippen molar-refractivity contribution in [3.63, 3.8) is 0 Å². The number of hydrogen-bond donors (Lipinski definition) is 0. The normalized spacial score (nSPS) is 0.500. The SMILES string of the molecule is C#N.[CaH2].[Co]. The molecule has 0 aromatic rings. The molecule has 0 spiro atoms. The standard InChI is InChI=1S/CHN.Ca.Co.2H/c1-2;;;;/h1H;;;;. The maximum Gasteiger partial charge on any atom is 0 e. The second kappa shape index (κ2) is 28.6. The first-order chi connectivity index (χ1) is 1.00. The van der Waals surface area contributed by atoms with Crippen LogP contribution in [0.2, 0.25) is 0 Å². The molecule has 0 aliphatic rings. The molecule has 0 N–H and O–H groups in total. The second-order valence-electron chi connectivity index (χ2n) is 0. The van der Waals surface area contributed by atoms with Gasteiger partial charge in [-0.15, -0.1) is 0 Å². The molecule has 0 unspecified atom stereocenters. The van der Waals surface area contributed by atoms with Crippen molar-refractivity contribution in [2.75, 3.05) is 0 Å². The molecule has 0 aliphatic heterocycles. The Kier molecular flexibility index (Phi) is 134. The summed E-state index contributed by atoms with van der Waals surface area (Å²) in [5.41, 5.74) is 0. The first kappa shape index (κ1) is 18.7. The van der Waals surface area contributed by atoms with E-state index >= 15 is 0 Å². The average molecular weight is 128 g/mol. The van der Waals surface area contributed by atoms with Crippen molar-refractivity contribution in [2.24, 2.45) is 0 Å². The molecule has 0 aliphatic carbocycles. The zero-order valence-electron chi connectivity index (χ0n) is 1.36. The van der Waals surface area contributed by atoms with Crippen LogP contribution in [0.3, 0.4) is 0 Å². The van der Waals surface area contributed by atoms with Crippen molar-refractivity contribution in [3.8, 4) is 6.57 Å². The molecule has 23 valence electrons. The summed E-state index contributed by atoms with van der Waals surface area (Å²) in [6, 6.07) is 0. The molecule has 0 heterocycles. The molecule has 0 saturated carbocycles. The largest absolute Gasteiger partial charge is 0 e. The quantitative estimate of drug-likeness (QED) is 0.392. The fourth-order valence-corrected chi connectivity index (χ4v) is 0. The van der Waals surface area contributed by atoms with Crippen LogP contribution in [0.4, 0.5) is 0 Å². The van der Waals surface area contributed by atoms with Gasteiger partial charge in [0, 0.05) is 23.4 Å². The van der Waals surface area contributed by atoms with Gasteiger partial charge in [0.25, 0.3) is 0 Å². The summed E-state index contributed by atoms with van der Waals surface area (Å²) in [4.78, 5) is 0. The molecule has 0 saturated heterocycles. The third-order valence-corrected chi connectivity index (χ3v) is 0. The third kappa shape index (κ3) is 10.5. The van der Waals surface area contributed by atoms with Crippen molar-refractivity contribution < 1.29 is 16.8 Å². The fraction of sp³-hybridized carbons (Fsp3) is 0. The van der Waals surface area contributed by atoms with Gasteiger partial charge in [-0.25, -0.2) is 5.26 Å². The molecule has 0 aromatic carbocycles. The van der Waals surface area contributed by atoms with Crippen molar-refractivity contribution in [3.05, 3.63) is 0 Å². The number of hydrogen-bond acceptors (Lipinski definition) is 1. The summed E-state index contributed by atoms with van der Waals surface area (Å²) < 4.78 is 0. The molecule has 3 heteroatoms. The molecule has 0 rings (SSSR count). The van der Waals surface area contributed by atoms with Gasteiger partial charge in [-0.05, 0) is 0 Å². The van der Waals surface area contributed by atoms with Crippen LogP contribution in [0, 0.1) is 11.8 Å². The van der Waals surface area contributed by atoms with E-state index in [1.807, 2.05) is 0 Å². The summed E-state index contributed by atoms with van der Waals surface area (Å²) in [7, 11) is 0. The van der Waals surface area contributed by atoms with Gasteiger partial charge < -0.3 is 0 Å². The molecule has 0 amide bonds. The van der Waals surface area contributed by atoms with Crippen LogP contribution in [0.25, 0.3) is 0 Å². The number of rotatable bonds is 0. The van der Waals surface area contributed by atoms with E-state index in [2.05, 4.69) is 6.57 Å². The smallest absolute Gasteiger partial charge is 0 e. The molecular formula is CH3CaCoN. The van der Waals surface area contributed by atoms with Crippen LogP contribution in [-0.2, 0) is 16.8 Å². The van der Waals surface area contributed by atoms with E-state index in [1.165, 1.54) is 0 Å². The predicted molar refractivity (Wildman–Crippen MR) is 15.2 cm³/mol. The molecule has 0 atom stereocenters. The average Bonchev–Trinajstić information content (AvgIpc) is 1.00. The zero-order valence-corrected chi connectivity index (χ0v) is 2.40. The Bertz CT molecular complexity index is 12.8. The van der Waals surface area contributed by atoms with Gasteiger partial charge in [-0.3, -0.25) is 0 Å². The molecule has 0 aromatic heterocycles. The fourth-order valence-electron chi connectivity index (χ4n) is 0. The molecule has 0 fully saturated rings. The van der Waals surface area contributed by atoms with E-state index in [4.69, 9.17) is 5.26 Å². The van der Waals surface area contributed by atoms with E-state index < -0.39 is 0 Å². The Balaban J connectivity index is -0.00000000500. The van der Waals surface area contributed by atoms with Gasteiger partial charge >= 0.3 is 37.7 Å².